The van der Waals surface area contributed by atoms with Crippen molar-refractivity contribution >= 4 is 28.4 Å². The van der Waals surface area contributed by atoms with E-state index in [0.717, 1.165) is 50.7 Å². The summed E-state index contributed by atoms with van der Waals surface area (Å²) in [4.78, 5) is 13.0. The quantitative estimate of drug-likeness (QED) is 0.114. The number of ether oxygens (including phenoxy) is 2. The van der Waals surface area contributed by atoms with Crippen LogP contribution in [-0.2, 0) is 14.3 Å². The molecule has 0 aromatic carbocycles. The molecule has 0 fully saturated rings. The van der Waals surface area contributed by atoms with Crippen LogP contribution in [0.4, 0.5) is 0 Å². The minimum absolute atomic E-state index is 0.179. The summed E-state index contributed by atoms with van der Waals surface area (Å²) >= 11 is 2.63. The van der Waals surface area contributed by atoms with Gasteiger partial charge in [-0.1, -0.05) is 54.5 Å². The van der Waals surface area contributed by atoms with Crippen LogP contribution in [0, 0.1) is 5.41 Å². The van der Waals surface area contributed by atoms with Gasteiger partial charge in [-0.05, 0) is 115 Å². The summed E-state index contributed by atoms with van der Waals surface area (Å²) in [6.07, 6.45) is 17.0. The zero-order valence-electron chi connectivity index (χ0n) is 23.9. The molecule has 4 unspecified atom stereocenters. The fourth-order valence-corrected chi connectivity index (χ4v) is 7.11. The van der Waals surface area contributed by atoms with Crippen molar-refractivity contribution in [1.82, 2.24) is 0 Å². The zero-order valence-corrected chi connectivity index (χ0v) is 26.1. The van der Waals surface area contributed by atoms with E-state index in [0.29, 0.717) is 23.2 Å². The Balaban J connectivity index is 1.91. The summed E-state index contributed by atoms with van der Waals surface area (Å²) in [6, 6.07) is 0. The standard InChI is InChI=1S/C31H53IO4/c1-7-18-31(6,22-25(35-8-2)21-26(32)23-13-10-9-11-14-23)19-12-15-27(33)24-16-17-29(28(34)20-24)36-30(3,4)5/h13,20,25-26,28-29,34H,7-12,14-19,21-22H2,1-6H3/t25?,26-,28?,29?,31?/m1/s1. The molecule has 2 rings (SSSR count). The Hall–Kier alpha value is -0.240. The first-order chi connectivity index (χ1) is 17.0. The maximum Gasteiger partial charge on any atom is 0.158 e. The van der Waals surface area contributed by atoms with Gasteiger partial charge >= 0.3 is 0 Å². The predicted octanol–water partition coefficient (Wildman–Crippen LogP) is 8.29. The molecule has 5 heteroatoms. The second-order valence-corrected chi connectivity index (χ2v) is 13.8. The van der Waals surface area contributed by atoms with Gasteiger partial charge in [0.25, 0.3) is 0 Å². The van der Waals surface area contributed by atoms with Gasteiger partial charge in [-0.15, -0.1) is 0 Å². The number of carbonyl (C=O) groups is 1. The van der Waals surface area contributed by atoms with Crippen molar-refractivity contribution < 1.29 is 19.4 Å². The molecule has 5 atom stereocenters. The summed E-state index contributed by atoms with van der Waals surface area (Å²) in [7, 11) is 0. The summed E-state index contributed by atoms with van der Waals surface area (Å²) in [5.41, 5.74) is 2.29. The third-order valence-electron chi connectivity index (χ3n) is 7.67. The molecular formula is C31H53IO4. The Morgan fingerprint density at radius 1 is 1.17 bits per heavy atom. The number of aliphatic hydroxyl groups excluding tert-OH is 1. The number of allylic oxidation sites excluding steroid dienone is 3. The highest BCUT2D eigenvalue weighted by Gasteiger charge is 2.32. The van der Waals surface area contributed by atoms with Gasteiger partial charge in [0.05, 0.1) is 23.9 Å². The number of ketones is 1. The Kier molecular flexibility index (Phi) is 13.7. The predicted molar refractivity (Wildman–Crippen MR) is 159 cm³/mol. The SMILES string of the molecule is CCCC(C)(CCCC(=O)C1=CC(O)C(OC(C)(C)C)CC1)CC(C[C@@H](I)C1=CCCCC1)OCC. The van der Waals surface area contributed by atoms with Crippen molar-refractivity contribution in [3.05, 3.63) is 23.3 Å². The number of alkyl halides is 1. The lowest BCUT2D eigenvalue weighted by Crippen LogP contribution is -2.37. The van der Waals surface area contributed by atoms with Crippen molar-refractivity contribution in [2.24, 2.45) is 5.41 Å². The van der Waals surface area contributed by atoms with Crippen molar-refractivity contribution in [3.63, 3.8) is 0 Å². The highest BCUT2D eigenvalue weighted by atomic mass is 127. The lowest BCUT2D eigenvalue weighted by Gasteiger charge is -2.35. The van der Waals surface area contributed by atoms with Crippen LogP contribution in [0.2, 0.25) is 0 Å². The van der Waals surface area contributed by atoms with E-state index in [-0.39, 0.29) is 29.0 Å². The minimum atomic E-state index is -0.699. The van der Waals surface area contributed by atoms with E-state index in [1.54, 1.807) is 11.6 Å². The molecule has 36 heavy (non-hydrogen) atoms. The van der Waals surface area contributed by atoms with Gasteiger partial charge in [0.15, 0.2) is 5.78 Å². The minimum Gasteiger partial charge on any atom is -0.386 e. The second kappa shape index (κ2) is 15.4. The van der Waals surface area contributed by atoms with Crippen LogP contribution in [0.15, 0.2) is 23.3 Å². The summed E-state index contributed by atoms with van der Waals surface area (Å²) < 4.78 is 12.8. The summed E-state index contributed by atoms with van der Waals surface area (Å²) in [5, 5.41) is 10.5. The maximum atomic E-state index is 13.0. The molecule has 0 bridgehead atoms. The molecule has 0 heterocycles. The molecule has 208 valence electrons. The van der Waals surface area contributed by atoms with Crippen LogP contribution in [-0.4, -0.2) is 45.3 Å². The molecule has 0 saturated heterocycles. The van der Waals surface area contributed by atoms with Gasteiger partial charge < -0.3 is 14.6 Å². The Morgan fingerprint density at radius 3 is 2.50 bits per heavy atom. The average Bonchev–Trinajstić information content (AvgIpc) is 2.80. The van der Waals surface area contributed by atoms with Gasteiger partial charge in [0, 0.05) is 17.0 Å². The van der Waals surface area contributed by atoms with Crippen LogP contribution >= 0.6 is 22.6 Å². The van der Waals surface area contributed by atoms with Crippen molar-refractivity contribution in [3.8, 4) is 0 Å². The van der Waals surface area contributed by atoms with Crippen LogP contribution in [0.3, 0.4) is 0 Å². The molecule has 0 spiro atoms. The van der Waals surface area contributed by atoms with E-state index in [1.165, 1.54) is 25.7 Å². The highest BCUT2D eigenvalue weighted by molar-refractivity contribution is 14.1. The smallest absolute Gasteiger partial charge is 0.158 e. The molecule has 0 aromatic heterocycles. The fraction of sp³-hybridized carbons (Fsp3) is 0.839. The van der Waals surface area contributed by atoms with Gasteiger partial charge in [-0.25, -0.2) is 0 Å². The van der Waals surface area contributed by atoms with Gasteiger partial charge in [0.1, 0.15) is 0 Å². The van der Waals surface area contributed by atoms with E-state index < -0.39 is 6.10 Å². The summed E-state index contributed by atoms with van der Waals surface area (Å²) in [5.74, 6) is 0.194. The number of hydrogen-bond acceptors (Lipinski definition) is 4. The summed E-state index contributed by atoms with van der Waals surface area (Å²) in [6.45, 7) is 13.5. The number of halogens is 1. The molecule has 0 aliphatic heterocycles. The maximum absolute atomic E-state index is 13.0. The van der Waals surface area contributed by atoms with Crippen LogP contribution in [0.25, 0.3) is 0 Å². The zero-order chi connectivity index (χ0) is 26.8. The molecule has 2 aliphatic rings. The van der Waals surface area contributed by atoms with Crippen molar-refractivity contribution in [2.75, 3.05) is 6.61 Å². The molecule has 2 aliphatic carbocycles. The van der Waals surface area contributed by atoms with E-state index >= 15 is 0 Å². The molecule has 0 aromatic rings. The van der Waals surface area contributed by atoms with Crippen molar-refractivity contribution in [2.45, 2.75) is 153 Å². The third kappa shape index (κ3) is 11.2. The Labute approximate surface area is 235 Å². The average molecular weight is 617 g/mol. The number of carbonyl (C=O) groups excluding carboxylic acids is 1. The van der Waals surface area contributed by atoms with Gasteiger partial charge in [0.2, 0.25) is 0 Å². The van der Waals surface area contributed by atoms with E-state index in [4.69, 9.17) is 9.47 Å². The van der Waals surface area contributed by atoms with Crippen molar-refractivity contribution in [1.29, 1.82) is 0 Å². The third-order valence-corrected chi connectivity index (χ3v) is 8.98. The van der Waals surface area contributed by atoms with E-state index in [9.17, 15) is 9.90 Å². The first-order valence-electron chi connectivity index (χ1n) is 14.5. The van der Waals surface area contributed by atoms with Crippen LogP contribution < -0.4 is 0 Å². The first-order valence-corrected chi connectivity index (χ1v) is 15.7. The number of Topliss-reactive ketones (excluding diaryl/α,β-unsaturated/α-hetero) is 1. The number of aliphatic hydroxyl groups is 1. The Morgan fingerprint density at radius 2 is 1.92 bits per heavy atom. The number of rotatable bonds is 15. The lowest BCUT2D eigenvalue weighted by molar-refractivity contribution is -0.118. The molecule has 0 amide bonds. The van der Waals surface area contributed by atoms with Crippen LogP contribution in [0.5, 0.6) is 0 Å². The van der Waals surface area contributed by atoms with Gasteiger partial charge in [-0.3, -0.25) is 4.79 Å². The monoisotopic (exact) mass is 616 g/mol. The molecule has 0 saturated carbocycles. The van der Waals surface area contributed by atoms with E-state index in [2.05, 4.69) is 49.4 Å². The Bertz CT molecular complexity index is 737. The first kappa shape index (κ1) is 32.0. The lowest BCUT2D eigenvalue weighted by atomic mass is 9.75. The molecular weight excluding hydrogens is 563 g/mol. The molecule has 1 N–H and O–H groups in total. The largest absolute Gasteiger partial charge is 0.386 e. The van der Waals surface area contributed by atoms with Crippen LogP contribution in [0.1, 0.15) is 125 Å². The number of hydrogen-bond donors (Lipinski definition) is 1. The van der Waals surface area contributed by atoms with Gasteiger partial charge in [-0.2, -0.15) is 0 Å². The molecule has 4 nitrogen and oxygen atoms in total. The normalized spacial score (nSPS) is 24.4. The van der Waals surface area contributed by atoms with E-state index in [1.807, 2.05) is 20.8 Å². The highest BCUT2D eigenvalue weighted by Crippen LogP contribution is 2.39. The fourth-order valence-electron chi connectivity index (χ4n) is 5.97. The topological polar surface area (TPSA) is 55.8 Å². The molecule has 0 radical (unpaired) electrons. The second-order valence-electron chi connectivity index (χ2n) is 12.3.